The number of benzene rings is 2. The molecule has 0 aliphatic heterocycles. The molecule has 31 heavy (non-hydrogen) atoms. The molecule has 0 aliphatic rings. The van der Waals surface area contributed by atoms with Crippen molar-refractivity contribution in [2.45, 2.75) is 13.0 Å². The van der Waals surface area contributed by atoms with Crippen molar-refractivity contribution in [1.29, 1.82) is 0 Å². The van der Waals surface area contributed by atoms with Crippen LogP contribution in [-0.4, -0.2) is 58.2 Å². The van der Waals surface area contributed by atoms with E-state index in [2.05, 4.69) is 15.5 Å². The van der Waals surface area contributed by atoms with Crippen LogP contribution in [0, 0.1) is 0 Å². The maximum absolute atomic E-state index is 12.1. The zero-order valence-corrected chi connectivity index (χ0v) is 18.1. The second kappa shape index (κ2) is 12.0. The minimum Gasteiger partial charge on any atom is -0.497 e. The largest absolute Gasteiger partial charge is 0.497 e. The molecule has 0 radical (unpaired) electrons. The smallest absolute Gasteiger partial charge is 0.360 e. The van der Waals surface area contributed by atoms with Gasteiger partial charge < -0.3 is 24.0 Å². The lowest BCUT2D eigenvalue weighted by Crippen LogP contribution is -2.21. The van der Waals surface area contributed by atoms with Crippen LogP contribution in [0.4, 0.5) is 0 Å². The third-order valence-corrected chi connectivity index (χ3v) is 4.15. The summed E-state index contributed by atoms with van der Waals surface area (Å²) in [5, 5.41) is 11.9. The first-order valence-electron chi connectivity index (χ1n) is 9.29. The van der Waals surface area contributed by atoms with Gasteiger partial charge in [-0.3, -0.25) is 0 Å². The predicted molar refractivity (Wildman–Crippen MR) is 117 cm³/mol. The van der Waals surface area contributed by atoms with Gasteiger partial charge in [0.15, 0.2) is 11.8 Å². The van der Waals surface area contributed by atoms with Crippen LogP contribution in [0.1, 0.15) is 23.6 Å². The summed E-state index contributed by atoms with van der Waals surface area (Å²) in [6.07, 6.45) is 0.947. The number of nitrogens with zero attached hydrogens (tertiary/aromatic N) is 3. The maximum Gasteiger partial charge on any atom is 0.360 e. The van der Waals surface area contributed by atoms with E-state index in [0.717, 1.165) is 11.3 Å². The number of hydrogen-bond donors (Lipinski definition) is 0. The van der Waals surface area contributed by atoms with Gasteiger partial charge in [-0.05, 0) is 31.2 Å². The Labute approximate surface area is 180 Å². The van der Waals surface area contributed by atoms with Gasteiger partial charge in [0.1, 0.15) is 25.7 Å². The van der Waals surface area contributed by atoms with E-state index in [1.54, 1.807) is 38.3 Å². The van der Waals surface area contributed by atoms with E-state index in [-0.39, 0.29) is 5.71 Å². The number of carbonyl (C=O) groups is 1. The predicted octanol–water partition coefficient (Wildman–Crippen LogP) is 3.01. The van der Waals surface area contributed by atoms with Crippen LogP contribution >= 0.6 is 0 Å². The minimum atomic E-state index is -0.633. The molecule has 0 saturated carbocycles. The van der Waals surface area contributed by atoms with Crippen LogP contribution in [0.5, 0.6) is 5.75 Å². The molecule has 2 aromatic carbocycles. The molecule has 0 aromatic heterocycles. The van der Waals surface area contributed by atoms with Crippen LogP contribution in [0.2, 0.25) is 0 Å². The summed E-state index contributed by atoms with van der Waals surface area (Å²) in [7, 11) is 5.67. The second-order valence-corrected chi connectivity index (χ2v) is 6.07. The highest BCUT2D eigenvalue weighted by Gasteiger charge is 2.19. The van der Waals surface area contributed by atoms with Crippen molar-refractivity contribution >= 4 is 23.6 Å². The molecule has 9 nitrogen and oxygen atoms in total. The first-order chi connectivity index (χ1) is 15.0. The Bertz CT molecular complexity index is 954. The van der Waals surface area contributed by atoms with Crippen LogP contribution < -0.4 is 4.74 Å². The van der Waals surface area contributed by atoms with Gasteiger partial charge in [0.25, 0.3) is 0 Å². The molecule has 2 aromatic rings. The monoisotopic (exact) mass is 427 g/mol. The van der Waals surface area contributed by atoms with Crippen LogP contribution in [-0.2, 0) is 24.0 Å². The topological polar surface area (TPSA) is 100 Å². The molecule has 0 saturated heterocycles. The molecule has 164 valence electrons. The molecule has 2 rings (SSSR count). The van der Waals surface area contributed by atoms with E-state index >= 15 is 0 Å². The van der Waals surface area contributed by atoms with Gasteiger partial charge in [-0.25, -0.2) is 4.79 Å². The normalized spacial score (nSPS) is 12.9. The molecule has 0 fully saturated rings. The molecule has 0 N–H and O–H groups in total. The van der Waals surface area contributed by atoms with Crippen LogP contribution in [0.3, 0.4) is 0 Å². The molecule has 1 unspecified atom stereocenters. The third-order valence-electron chi connectivity index (χ3n) is 4.15. The van der Waals surface area contributed by atoms with Gasteiger partial charge in [-0.2, -0.15) is 0 Å². The fraction of sp³-hybridized carbons (Fsp3) is 0.273. The fourth-order valence-electron chi connectivity index (χ4n) is 2.66. The van der Waals surface area contributed by atoms with E-state index < -0.39 is 12.1 Å². The van der Waals surface area contributed by atoms with Crippen LogP contribution in [0.25, 0.3) is 0 Å². The number of methoxy groups -OCH3 is 2. The van der Waals surface area contributed by atoms with E-state index in [0.29, 0.717) is 16.8 Å². The number of oxime groups is 3. The molecule has 0 bridgehead atoms. The minimum absolute atomic E-state index is 0.0139. The number of esters is 1. The summed E-state index contributed by atoms with van der Waals surface area (Å²) in [5.74, 6) is 0.0915. The Morgan fingerprint density at radius 2 is 1.61 bits per heavy atom. The standard InChI is InChI=1S/C22H25N3O6/c1-15(20(24-29-4)16-10-12-18(27-2)13-11-16)31-23-14-17-8-6-7-9-19(17)21(25-30-5)22(26)28-3/h6-15H,1-5H3. The molecule has 0 heterocycles. The van der Waals surface area contributed by atoms with E-state index in [4.69, 9.17) is 24.0 Å². The first kappa shape index (κ1) is 23.4. The second-order valence-electron chi connectivity index (χ2n) is 6.07. The summed E-state index contributed by atoms with van der Waals surface area (Å²) >= 11 is 0. The Hall–Kier alpha value is -3.88. The van der Waals surface area contributed by atoms with Crippen molar-refractivity contribution in [2.75, 3.05) is 28.4 Å². The average Bonchev–Trinajstić information content (AvgIpc) is 2.81. The fourth-order valence-corrected chi connectivity index (χ4v) is 2.66. The van der Waals surface area contributed by atoms with Crippen molar-refractivity contribution in [1.82, 2.24) is 0 Å². The van der Waals surface area contributed by atoms with Crippen LogP contribution in [0.15, 0.2) is 64.0 Å². The molecule has 0 spiro atoms. The quantitative estimate of drug-likeness (QED) is 0.328. The summed E-state index contributed by atoms with van der Waals surface area (Å²) in [5.41, 5.74) is 2.43. The highest BCUT2D eigenvalue weighted by molar-refractivity contribution is 6.44. The Balaban J connectivity index is 2.23. The number of rotatable bonds is 10. The highest BCUT2D eigenvalue weighted by atomic mass is 16.6. The van der Waals surface area contributed by atoms with Gasteiger partial charge in [0.2, 0.25) is 0 Å². The average molecular weight is 427 g/mol. The van der Waals surface area contributed by atoms with E-state index in [9.17, 15) is 4.79 Å². The molecular weight excluding hydrogens is 402 g/mol. The van der Waals surface area contributed by atoms with Crippen molar-refractivity contribution in [3.63, 3.8) is 0 Å². The van der Waals surface area contributed by atoms with Crippen molar-refractivity contribution < 1.29 is 28.8 Å². The summed E-state index contributed by atoms with van der Waals surface area (Å²) in [6.45, 7) is 1.79. The van der Waals surface area contributed by atoms with Gasteiger partial charge in [-0.15, -0.1) is 0 Å². The number of carbonyl (C=O) groups excluding carboxylic acids is 1. The Kier molecular flexibility index (Phi) is 9.03. The Morgan fingerprint density at radius 1 is 0.935 bits per heavy atom. The van der Waals surface area contributed by atoms with Crippen molar-refractivity contribution in [3.8, 4) is 5.75 Å². The SMILES string of the molecule is CON=C(C(=O)OC)c1ccccc1C=NOC(C)C(=NOC)c1ccc(OC)cc1. The summed E-state index contributed by atoms with van der Waals surface area (Å²) in [4.78, 5) is 27.4. The summed E-state index contributed by atoms with van der Waals surface area (Å²) in [6, 6.07) is 14.3. The zero-order valence-electron chi connectivity index (χ0n) is 18.1. The van der Waals surface area contributed by atoms with Gasteiger partial charge in [0, 0.05) is 16.7 Å². The summed E-state index contributed by atoms with van der Waals surface area (Å²) < 4.78 is 9.96. The lowest BCUT2D eigenvalue weighted by Gasteiger charge is -2.13. The Morgan fingerprint density at radius 3 is 2.23 bits per heavy atom. The zero-order chi connectivity index (χ0) is 22.6. The first-order valence-corrected chi connectivity index (χ1v) is 9.29. The molecular formula is C22H25N3O6. The lowest BCUT2D eigenvalue weighted by atomic mass is 10.0. The van der Waals surface area contributed by atoms with Gasteiger partial charge in [-0.1, -0.05) is 39.7 Å². The molecule has 1 atom stereocenters. The lowest BCUT2D eigenvalue weighted by molar-refractivity contribution is -0.132. The molecule has 9 heteroatoms. The van der Waals surface area contributed by atoms with E-state index in [1.165, 1.54) is 27.5 Å². The third kappa shape index (κ3) is 6.30. The highest BCUT2D eigenvalue weighted by Crippen LogP contribution is 2.15. The van der Waals surface area contributed by atoms with Gasteiger partial charge >= 0.3 is 5.97 Å². The number of hydrogen-bond acceptors (Lipinski definition) is 9. The van der Waals surface area contributed by atoms with E-state index in [1.807, 2.05) is 24.3 Å². The molecule has 0 aliphatic carbocycles. The molecule has 0 amide bonds. The van der Waals surface area contributed by atoms with Crippen molar-refractivity contribution in [3.05, 3.63) is 65.2 Å². The van der Waals surface area contributed by atoms with Gasteiger partial charge in [0.05, 0.1) is 20.4 Å². The maximum atomic E-state index is 12.1. The van der Waals surface area contributed by atoms with Crippen molar-refractivity contribution in [2.24, 2.45) is 15.5 Å². The number of ether oxygens (including phenoxy) is 2.